The molecular weight excluding hydrogens is 226 g/mol. The Bertz CT molecular complexity index is 8.75. The van der Waals surface area contributed by atoms with Gasteiger partial charge in [-0.15, -0.1) is 0 Å². The maximum atomic E-state index is 0. The Balaban J connectivity index is 0. The van der Waals surface area contributed by atoms with Gasteiger partial charge in [-0.05, 0) is 0 Å². The fraction of sp³-hybridized carbons (Fsp3) is 0. The molecule has 3 radical (unpaired) electrons. The Labute approximate surface area is 90.5 Å². The maximum Gasteiger partial charge on any atom is 3.00 e. The van der Waals surface area contributed by atoms with Crippen molar-refractivity contribution in [3.05, 3.63) is 0 Å². The summed E-state index contributed by atoms with van der Waals surface area (Å²) in [7, 11) is 0. The summed E-state index contributed by atoms with van der Waals surface area (Å²) in [6, 6.07) is 0. The van der Waals surface area contributed by atoms with Crippen molar-refractivity contribution in [2.24, 2.45) is 0 Å². The molecule has 0 unspecified atom stereocenters. The van der Waals surface area contributed by atoms with Crippen LogP contribution in [0.2, 0.25) is 0 Å². The minimum absolute atomic E-state index is 0. The summed E-state index contributed by atoms with van der Waals surface area (Å²) in [6.45, 7) is 0. The Morgan fingerprint density at radius 2 is 0.667 bits per heavy atom. The molecule has 0 atom stereocenters. The molecule has 0 N–H and O–H groups in total. The summed E-state index contributed by atoms with van der Waals surface area (Å²) in [6.07, 6.45) is 0. The summed E-state index contributed by atoms with van der Waals surface area (Å²) >= 11 is 0. The van der Waals surface area contributed by atoms with E-state index in [1.165, 1.54) is 0 Å². The zero-order chi connectivity index (χ0) is 0. The molecule has 0 saturated carbocycles. The number of rotatable bonds is 0. The van der Waals surface area contributed by atoms with E-state index in [0.717, 1.165) is 0 Å². The molecule has 0 spiro atoms. The molecule has 6 heavy (non-hydrogen) atoms. The minimum Gasteiger partial charge on any atom is -1.00 e. The molecule has 0 aliphatic heterocycles. The van der Waals surface area contributed by atoms with Crippen molar-refractivity contribution in [3.8, 4) is 0 Å². The first kappa shape index (κ1) is 74.7. The van der Waals surface area contributed by atoms with Crippen molar-refractivity contribution < 1.29 is 56.7 Å². The van der Waals surface area contributed by atoms with Crippen LogP contribution in [0.3, 0.4) is 0 Å². The fourth-order valence-corrected chi connectivity index (χ4v) is 0. The number of halogens is 3. The van der Waals surface area contributed by atoms with Crippen molar-refractivity contribution in [1.29, 1.82) is 0 Å². The topological polar surface area (TPSA) is 0 Å². The van der Waals surface area contributed by atoms with Gasteiger partial charge in [0, 0.05) is 36.8 Å². The number of hydrogen-bond acceptors (Lipinski definition) is 0. The average Bonchev–Trinajstić information content (AvgIpc) is 0. The quantitative estimate of drug-likeness (QED) is 0.360. The van der Waals surface area contributed by atoms with E-state index in [0.29, 0.717) is 0 Å². The van der Waals surface area contributed by atoms with Crippen LogP contribution in [0, 0.1) is 0 Å². The Kier molecular flexibility index (Phi) is 618. The van der Waals surface area contributed by atoms with E-state index in [1.807, 2.05) is 0 Å². The van der Waals surface area contributed by atoms with Crippen LogP contribution in [0.15, 0.2) is 0 Å². The van der Waals surface area contributed by atoms with E-state index in [2.05, 4.69) is 0 Å². The van der Waals surface area contributed by atoms with E-state index < -0.39 is 0 Å². The third kappa shape index (κ3) is 31.0. The Morgan fingerprint density at radius 1 is 0.667 bits per heavy atom. The normalized spacial score (nSPS) is 0. The smallest absolute Gasteiger partial charge is 1.00 e. The first-order chi connectivity index (χ1) is 0. The molecule has 0 aliphatic rings. The van der Waals surface area contributed by atoms with Crippen LogP contribution in [-0.4, -0.2) is 34.7 Å². The van der Waals surface area contributed by atoms with Crippen LogP contribution in [0.4, 0.5) is 0 Å². The molecule has 0 heterocycles. The van der Waals surface area contributed by atoms with E-state index in [4.69, 9.17) is 0 Å². The Morgan fingerprint density at radius 3 is 0.667 bits per heavy atom. The van der Waals surface area contributed by atoms with Crippen LogP contribution in [0.1, 0.15) is 0 Å². The van der Waals surface area contributed by atoms with Gasteiger partial charge in [0.05, 0.1) is 0 Å². The minimum atomic E-state index is 0. The predicted octanol–water partition coefficient (Wildman–Crippen LogP) is -9.75. The first-order valence-corrected chi connectivity index (χ1v) is 0. The molecular formula is Al2Cl3Zn. The first-order valence-electron chi connectivity index (χ1n) is 0. The largest absolute Gasteiger partial charge is 3.00 e. The van der Waals surface area contributed by atoms with Crippen molar-refractivity contribution in [3.63, 3.8) is 0 Å². The van der Waals surface area contributed by atoms with Gasteiger partial charge in [-0.2, -0.15) is 0 Å². The van der Waals surface area contributed by atoms with Crippen LogP contribution in [-0.2, 0) is 19.5 Å². The zero-order valence-corrected chi connectivity index (χ0v) is 10.5. The molecule has 0 aromatic rings. The van der Waals surface area contributed by atoms with Gasteiger partial charge in [-0.1, -0.05) is 0 Å². The molecule has 0 aromatic carbocycles. The van der Waals surface area contributed by atoms with E-state index >= 15 is 0 Å². The van der Waals surface area contributed by atoms with Crippen molar-refractivity contribution >= 4 is 34.7 Å². The third-order valence-corrected chi connectivity index (χ3v) is 0. The third-order valence-electron chi connectivity index (χ3n) is 0. The van der Waals surface area contributed by atoms with Gasteiger partial charge in [-0.25, -0.2) is 0 Å². The second kappa shape index (κ2) is 49.7. The van der Waals surface area contributed by atoms with Gasteiger partial charge in [-0.3, -0.25) is 0 Å². The van der Waals surface area contributed by atoms with Crippen LogP contribution in [0.25, 0.3) is 0 Å². The van der Waals surface area contributed by atoms with Gasteiger partial charge in [0.2, 0.25) is 0 Å². The molecule has 0 rings (SSSR count). The second-order valence-electron chi connectivity index (χ2n) is 0. The average molecular weight is 226 g/mol. The van der Waals surface area contributed by atoms with Gasteiger partial charge in [0.1, 0.15) is 0 Å². The van der Waals surface area contributed by atoms with Gasteiger partial charge >= 0.3 is 17.4 Å². The monoisotopic (exact) mass is 223 g/mol. The summed E-state index contributed by atoms with van der Waals surface area (Å²) in [4.78, 5) is 0. The standard InChI is InChI=1S/2Al.3ClH.Zn/h;;3*1H;/q;+3;;;;/p-3. The Hall–Kier alpha value is 2.56. The zero-order valence-electron chi connectivity index (χ0n) is 3.00. The molecule has 0 bridgehead atoms. The molecule has 0 saturated heterocycles. The SMILES string of the molecule is [Al+3].[Al].[Cl-].[Cl-].[Cl-].[Zn]. The van der Waals surface area contributed by atoms with E-state index in [9.17, 15) is 0 Å². The molecule has 6 heteroatoms. The molecule has 0 nitrogen and oxygen atoms in total. The van der Waals surface area contributed by atoms with Crippen molar-refractivity contribution in [2.75, 3.05) is 0 Å². The maximum absolute atomic E-state index is 0. The summed E-state index contributed by atoms with van der Waals surface area (Å²) < 4.78 is 0. The van der Waals surface area contributed by atoms with Crippen molar-refractivity contribution in [1.82, 2.24) is 0 Å². The molecule has 0 aliphatic carbocycles. The van der Waals surface area contributed by atoms with Gasteiger partial charge in [0.25, 0.3) is 0 Å². The summed E-state index contributed by atoms with van der Waals surface area (Å²) in [5.74, 6) is 0. The molecule has 0 amide bonds. The van der Waals surface area contributed by atoms with Gasteiger partial charge < -0.3 is 37.2 Å². The summed E-state index contributed by atoms with van der Waals surface area (Å²) in [5, 5.41) is 0. The molecule has 0 aromatic heterocycles. The van der Waals surface area contributed by atoms with Crippen LogP contribution in [0.5, 0.6) is 0 Å². The van der Waals surface area contributed by atoms with E-state index in [1.54, 1.807) is 0 Å². The second-order valence-corrected chi connectivity index (χ2v) is 0. The van der Waals surface area contributed by atoms with E-state index in [-0.39, 0.29) is 91.4 Å². The van der Waals surface area contributed by atoms with Crippen LogP contribution < -0.4 is 37.2 Å². The van der Waals surface area contributed by atoms with Gasteiger partial charge in [0.15, 0.2) is 0 Å². The predicted molar refractivity (Wildman–Crippen MR) is 11.5 cm³/mol. The summed E-state index contributed by atoms with van der Waals surface area (Å²) in [5.41, 5.74) is 0. The number of hydrogen-bond donors (Lipinski definition) is 0. The molecule has 0 fully saturated rings. The molecule has 29 valence electrons. The fourth-order valence-electron chi connectivity index (χ4n) is 0. The van der Waals surface area contributed by atoms with Crippen LogP contribution >= 0.6 is 0 Å². The van der Waals surface area contributed by atoms with Crippen molar-refractivity contribution in [2.45, 2.75) is 0 Å².